The maximum absolute atomic E-state index is 4.63. The highest BCUT2D eigenvalue weighted by atomic mass is 33.1. The number of nitrogens with zero attached hydrogens (tertiary/aromatic N) is 1. The average Bonchev–Trinajstić information content (AvgIpc) is 2.46. The second-order valence-electron chi connectivity index (χ2n) is 3.82. The van der Waals surface area contributed by atoms with Crippen LogP contribution < -0.4 is 0 Å². The van der Waals surface area contributed by atoms with Gasteiger partial charge in [0.05, 0.1) is 5.52 Å². The molecule has 3 heteroatoms. The van der Waals surface area contributed by atoms with Crippen molar-refractivity contribution < 1.29 is 0 Å². The fourth-order valence-electron chi connectivity index (χ4n) is 1.66. The van der Waals surface area contributed by atoms with Crippen LogP contribution in [0.4, 0.5) is 0 Å². The van der Waals surface area contributed by atoms with Crippen LogP contribution in [0.25, 0.3) is 10.9 Å². The van der Waals surface area contributed by atoms with Crippen LogP contribution in [0.15, 0.2) is 76.7 Å². The lowest BCUT2D eigenvalue weighted by Crippen LogP contribution is -1.80. The molecule has 0 saturated heterocycles. The molecule has 0 fully saturated rings. The lowest BCUT2D eigenvalue weighted by atomic mass is 10.2. The van der Waals surface area contributed by atoms with E-state index in [1.165, 1.54) is 10.3 Å². The number of rotatable bonds is 3. The van der Waals surface area contributed by atoms with Gasteiger partial charge in [0.1, 0.15) is 5.03 Å². The van der Waals surface area contributed by atoms with Crippen molar-refractivity contribution in [2.24, 2.45) is 0 Å². The Kier molecular flexibility index (Phi) is 3.53. The summed E-state index contributed by atoms with van der Waals surface area (Å²) in [6, 6.07) is 22.7. The van der Waals surface area contributed by atoms with E-state index in [0.29, 0.717) is 0 Å². The molecule has 3 aromatic rings. The Hall–Kier alpha value is -1.45. The summed E-state index contributed by atoms with van der Waals surface area (Å²) in [7, 11) is 3.43. The SMILES string of the molecule is c1ccc(SSc2ccc3ccccc3n2)cc1. The monoisotopic (exact) mass is 269 g/mol. The highest BCUT2D eigenvalue weighted by Crippen LogP contribution is 2.36. The lowest BCUT2D eigenvalue weighted by Gasteiger charge is -2.02. The minimum atomic E-state index is 1.04. The van der Waals surface area contributed by atoms with Gasteiger partial charge in [0.15, 0.2) is 0 Å². The minimum absolute atomic E-state index is 1.04. The van der Waals surface area contributed by atoms with Gasteiger partial charge in [-0.3, -0.25) is 0 Å². The first-order chi connectivity index (χ1) is 8.92. The van der Waals surface area contributed by atoms with E-state index in [9.17, 15) is 0 Å². The lowest BCUT2D eigenvalue weighted by molar-refractivity contribution is 1.20. The smallest absolute Gasteiger partial charge is 0.108 e. The molecule has 0 aliphatic rings. The molecule has 88 valence electrons. The van der Waals surface area contributed by atoms with Gasteiger partial charge in [-0.05, 0) is 35.1 Å². The number of fused-ring (bicyclic) bond motifs is 1. The highest BCUT2D eigenvalue weighted by Gasteiger charge is 2.00. The molecule has 0 spiro atoms. The van der Waals surface area contributed by atoms with Crippen molar-refractivity contribution in [1.29, 1.82) is 0 Å². The van der Waals surface area contributed by atoms with Crippen LogP contribution in [0.5, 0.6) is 0 Å². The Morgan fingerprint density at radius 3 is 2.33 bits per heavy atom. The number of pyridine rings is 1. The fraction of sp³-hybridized carbons (Fsp3) is 0. The van der Waals surface area contributed by atoms with Crippen molar-refractivity contribution in [3.63, 3.8) is 0 Å². The Labute approximate surface area is 114 Å². The van der Waals surface area contributed by atoms with Gasteiger partial charge in [-0.15, -0.1) is 0 Å². The minimum Gasteiger partial charge on any atom is -0.241 e. The zero-order valence-corrected chi connectivity index (χ0v) is 11.2. The predicted octanol–water partition coefficient (Wildman–Crippen LogP) is 5.03. The first-order valence-corrected chi connectivity index (χ1v) is 7.82. The van der Waals surface area contributed by atoms with Gasteiger partial charge in [0.25, 0.3) is 0 Å². The molecular weight excluding hydrogens is 258 g/mol. The van der Waals surface area contributed by atoms with Crippen molar-refractivity contribution in [3.05, 3.63) is 66.7 Å². The molecule has 0 N–H and O–H groups in total. The number of hydrogen-bond acceptors (Lipinski definition) is 3. The summed E-state index contributed by atoms with van der Waals surface area (Å²) in [5.74, 6) is 0. The van der Waals surface area contributed by atoms with Gasteiger partial charge in [0, 0.05) is 10.3 Å². The van der Waals surface area contributed by atoms with E-state index in [0.717, 1.165) is 10.5 Å². The number of aromatic nitrogens is 1. The van der Waals surface area contributed by atoms with Gasteiger partial charge in [0.2, 0.25) is 0 Å². The van der Waals surface area contributed by atoms with Crippen molar-refractivity contribution in [1.82, 2.24) is 4.98 Å². The van der Waals surface area contributed by atoms with Crippen LogP contribution in [0.2, 0.25) is 0 Å². The van der Waals surface area contributed by atoms with Crippen molar-refractivity contribution >= 4 is 32.5 Å². The molecule has 0 radical (unpaired) electrons. The third kappa shape index (κ3) is 2.68. The van der Waals surface area contributed by atoms with E-state index in [1.807, 2.05) is 24.3 Å². The van der Waals surface area contributed by atoms with E-state index in [4.69, 9.17) is 0 Å². The van der Waals surface area contributed by atoms with Gasteiger partial charge in [-0.1, -0.05) is 53.3 Å². The summed E-state index contributed by atoms with van der Waals surface area (Å²) in [6.45, 7) is 0. The molecule has 0 aliphatic heterocycles. The Bertz CT molecular complexity index is 653. The molecule has 0 saturated carbocycles. The second-order valence-corrected chi connectivity index (χ2v) is 6.04. The molecule has 0 amide bonds. The molecule has 0 atom stereocenters. The average molecular weight is 269 g/mol. The van der Waals surface area contributed by atoms with Gasteiger partial charge in [-0.25, -0.2) is 4.98 Å². The number of benzene rings is 2. The second kappa shape index (κ2) is 5.46. The highest BCUT2D eigenvalue weighted by molar-refractivity contribution is 8.76. The maximum Gasteiger partial charge on any atom is 0.108 e. The van der Waals surface area contributed by atoms with E-state index in [1.54, 1.807) is 21.6 Å². The summed E-state index contributed by atoms with van der Waals surface area (Å²) in [5.41, 5.74) is 1.05. The Morgan fingerprint density at radius 2 is 1.44 bits per heavy atom. The first kappa shape index (κ1) is 11.6. The summed E-state index contributed by atoms with van der Waals surface area (Å²) in [4.78, 5) is 5.88. The van der Waals surface area contributed by atoms with Crippen molar-refractivity contribution in [2.45, 2.75) is 9.92 Å². The third-order valence-electron chi connectivity index (χ3n) is 2.54. The van der Waals surface area contributed by atoms with E-state index < -0.39 is 0 Å². The fourth-order valence-corrected chi connectivity index (χ4v) is 3.53. The van der Waals surface area contributed by atoms with E-state index in [2.05, 4.69) is 47.4 Å². The number of hydrogen-bond donors (Lipinski definition) is 0. The zero-order chi connectivity index (χ0) is 12.2. The molecular formula is C15H11NS2. The van der Waals surface area contributed by atoms with Gasteiger partial charge >= 0.3 is 0 Å². The third-order valence-corrected chi connectivity index (χ3v) is 4.83. The topological polar surface area (TPSA) is 12.9 Å². The summed E-state index contributed by atoms with van der Waals surface area (Å²) in [6.07, 6.45) is 0. The molecule has 0 bridgehead atoms. The summed E-state index contributed by atoms with van der Waals surface area (Å²) >= 11 is 0. The van der Waals surface area contributed by atoms with Crippen LogP contribution in [-0.4, -0.2) is 4.98 Å². The summed E-state index contributed by atoms with van der Waals surface area (Å²) < 4.78 is 0. The van der Waals surface area contributed by atoms with Crippen LogP contribution >= 0.6 is 21.6 Å². The van der Waals surface area contributed by atoms with Crippen LogP contribution in [0.3, 0.4) is 0 Å². The zero-order valence-electron chi connectivity index (χ0n) is 9.61. The molecule has 18 heavy (non-hydrogen) atoms. The Balaban J connectivity index is 1.79. The molecule has 1 aromatic heterocycles. The molecule has 2 aromatic carbocycles. The molecule has 1 heterocycles. The standard InChI is InChI=1S/C15H11NS2/c1-2-7-13(8-3-1)17-18-15-11-10-12-6-4-5-9-14(12)16-15/h1-11H. The summed E-state index contributed by atoms with van der Waals surface area (Å²) in [5, 5.41) is 2.23. The largest absolute Gasteiger partial charge is 0.241 e. The van der Waals surface area contributed by atoms with Crippen LogP contribution in [-0.2, 0) is 0 Å². The molecule has 0 aliphatic carbocycles. The van der Waals surface area contributed by atoms with Crippen molar-refractivity contribution in [3.8, 4) is 0 Å². The number of para-hydroxylation sites is 1. The normalized spacial score (nSPS) is 10.7. The molecule has 0 unspecified atom stereocenters. The molecule has 1 nitrogen and oxygen atoms in total. The quantitative estimate of drug-likeness (QED) is 0.619. The van der Waals surface area contributed by atoms with Gasteiger partial charge < -0.3 is 0 Å². The van der Waals surface area contributed by atoms with Crippen molar-refractivity contribution in [2.75, 3.05) is 0 Å². The van der Waals surface area contributed by atoms with Crippen LogP contribution in [0, 0.1) is 0 Å². The van der Waals surface area contributed by atoms with Crippen LogP contribution in [0.1, 0.15) is 0 Å². The predicted molar refractivity (Wildman–Crippen MR) is 79.9 cm³/mol. The first-order valence-electron chi connectivity index (χ1n) is 5.67. The molecule has 3 rings (SSSR count). The maximum atomic E-state index is 4.63. The Morgan fingerprint density at radius 1 is 0.667 bits per heavy atom. The van der Waals surface area contributed by atoms with E-state index >= 15 is 0 Å². The van der Waals surface area contributed by atoms with E-state index in [-0.39, 0.29) is 0 Å². The van der Waals surface area contributed by atoms with Gasteiger partial charge in [-0.2, -0.15) is 0 Å².